The number of nitrogens with one attached hydrogen (secondary N) is 1. The molecule has 0 saturated carbocycles. The Morgan fingerprint density at radius 1 is 1.41 bits per heavy atom. The number of nitrogens with zero attached hydrogens (tertiary/aromatic N) is 3. The quantitative estimate of drug-likeness (QED) is 0.874. The molecule has 1 N–H and O–H groups in total. The normalized spacial score (nSPS) is 12.0. The number of hydrogen-bond donors (Lipinski definition) is 1. The molecular weight excluding hydrogens is 328 g/mol. The Morgan fingerprint density at radius 3 is 2.73 bits per heavy atom. The molecule has 0 aliphatic heterocycles. The number of halogens is 1. The van der Waals surface area contributed by atoms with Gasteiger partial charge in [-0.1, -0.05) is 11.6 Å². The van der Waals surface area contributed by atoms with Crippen molar-refractivity contribution in [3.8, 4) is 0 Å². The number of aryl methyl sites for hydroxylation is 1. The van der Waals surface area contributed by atoms with Crippen molar-refractivity contribution in [2.75, 3.05) is 26.4 Å². The Hall–Kier alpha value is -1.64. The van der Waals surface area contributed by atoms with E-state index in [1.54, 1.807) is 29.7 Å². The summed E-state index contributed by atoms with van der Waals surface area (Å²) in [7, 11) is -0.443. The fourth-order valence-corrected chi connectivity index (χ4v) is 2.86. The summed E-state index contributed by atoms with van der Waals surface area (Å²) < 4.78 is 26.0. The van der Waals surface area contributed by atoms with Crippen molar-refractivity contribution in [3.63, 3.8) is 0 Å². The lowest BCUT2D eigenvalue weighted by molar-refractivity contribution is 0.0949. The average Bonchev–Trinajstić information content (AvgIpc) is 2.73. The van der Waals surface area contributed by atoms with Crippen molar-refractivity contribution >= 4 is 33.2 Å². The molecule has 0 bridgehead atoms. The van der Waals surface area contributed by atoms with Gasteiger partial charge in [-0.05, 0) is 19.1 Å². The number of pyridine rings is 1. The smallest absolute Gasteiger partial charge is 0.270 e. The van der Waals surface area contributed by atoms with Crippen LogP contribution in [-0.2, 0) is 10.0 Å². The summed E-state index contributed by atoms with van der Waals surface area (Å²) in [5, 5.41) is 3.08. The van der Waals surface area contributed by atoms with E-state index >= 15 is 0 Å². The van der Waals surface area contributed by atoms with Gasteiger partial charge in [-0.3, -0.25) is 9.20 Å². The van der Waals surface area contributed by atoms with Crippen LogP contribution in [0.3, 0.4) is 0 Å². The molecule has 0 unspecified atom stereocenters. The number of rotatable bonds is 5. The van der Waals surface area contributed by atoms with Crippen molar-refractivity contribution in [1.29, 1.82) is 0 Å². The molecule has 0 aromatic carbocycles. The average molecular weight is 345 g/mol. The number of fused-ring (bicyclic) bond motifs is 1. The molecule has 120 valence electrons. The SMILES string of the molecule is Cc1nc2ccc(Cl)cn2c1C(=O)NCCS(=O)(=O)N(C)C. The van der Waals surface area contributed by atoms with E-state index in [0.29, 0.717) is 22.1 Å². The molecule has 0 radical (unpaired) electrons. The highest BCUT2D eigenvalue weighted by molar-refractivity contribution is 7.89. The first-order valence-corrected chi connectivity index (χ1v) is 8.53. The number of carbonyl (C=O) groups is 1. The van der Waals surface area contributed by atoms with Gasteiger partial charge < -0.3 is 5.32 Å². The molecule has 0 atom stereocenters. The summed E-state index contributed by atoms with van der Waals surface area (Å²) in [6.07, 6.45) is 1.60. The number of sulfonamides is 1. The molecule has 2 aromatic heterocycles. The highest BCUT2D eigenvalue weighted by Gasteiger charge is 2.18. The maximum Gasteiger partial charge on any atom is 0.270 e. The molecule has 0 aliphatic rings. The van der Waals surface area contributed by atoms with Crippen molar-refractivity contribution in [2.45, 2.75) is 6.92 Å². The number of aromatic nitrogens is 2. The van der Waals surface area contributed by atoms with E-state index in [0.717, 1.165) is 4.31 Å². The molecule has 1 amide bonds. The van der Waals surface area contributed by atoms with Crippen LogP contribution in [0.25, 0.3) is 5.65 Å². The Morgan fingerprint density at radius 2 is 2.09 bits per heavy atom. The Balaban J connectivity index is 2.17. The van der Waals surface area contributed by atoms with Gasteiger partial charge in [0.15, 0.2) is 0 Å². The van der Waals surface area contributed by atoms with Crippen LogP contribution in [0.4, 0.5) is 0 Å². The summed E-state index contributed by atoms with van der Waals surface area (Å²) in [4.78, 5) is 16.6. The van der Waals surface area contributed by atoms with Gasteiger partial charge in [-0.15, -0.1) is 0 Å². The van der Waals surface area contributed by atoms with E-state index in [-0.39, 0.29) is 18.2 Å². The van der Waals surface area contributed by atoms with Gasteiger partial charge >= 0.3 is 0 Å². The molecule has 2 aromatic rings. The van der Waals surface area contributed by atoms with E-state index in [9.17, 15) is 13.2 Å². The lowest BCUT2D eigenvalue weighted by atomic mass is 10.3. The first-order chi connectivity index (χ1) is 10.2. The zero-order valence-corrected chi connectivity index (χ0v) is 14.1. The predicted molar refractivity (Wildman–Crippen MR) is 84.7 cm³/mol. The van der Waals surface area contributed by atoms with E-state index in [1.165, 1.54) is 14.1 Å². The molecule has 7 nitrogen and oxygen atoms in total. The molecule has 22 heavy (non-hydrogen) atoms. The zero-order chi connectivity index (χ0) is 16.5. The highest BCUT2D eigenvalue weighted by Crippen LogP contribution is 2.16. The predicted octanol–water partition coefficient (Wildman–Crippen LogP) is 0.917. The summed E-state index contributed by atoms with van der Waals surface area (Å²) in [5.74, 6) is -0.552. The molecule has 2 heterocycles. The van der Waals surface area contributed by atoms with Crippen LogP contribution in [0, 0.1) is 6.92 Å². The van der Waals surface area contributed by atoms with Crippen LogP contribution in [0.15, 0.2) is 18.3 Å². The van der Waals surface area contributed by atoms with Crippen LogP contribution in [0.5, 0.6) is 0 Å². The van der Waals surface area contributed by atoms with Gasteiger partial charge in [0.2, 0.25) is 10.0 Å². The van der Waals surface area contributed by atoms with Crippen molar-refractivity contribution in [3.05, 3.63) is 34.7 Å². The molecule has 0 spiro atoms. The van der Waals surface area contributed by atoms with E-state index in [2.05, 4.69) is 10.3 Å². The number of hydrogen-bond acceptors (Lipinski definition) is 4. The van der Waals surface area contributed by atoms with Crippen LogP contribution >= 0.6 is 11.6 Å². The first-order valence-electron chi connectivity index (χ1n) is 6.55. The lowest BCUT2D eigenvalue weighted by Gasteiger charge is -2.11. The maximum atomic E-state index is 12.3. The molecule has 0 saturated heterocycles. The first kappa shape index (κ1) is 16.7. The number of carbonyl (C=O) groups excluding carboxylic acids is 1. The topological polar surface area (TPSA) is 83.8 Å². The summed E-state index contributed by atoms with van der Waals surface area (Å²) in [6, 6.07) is 3.40. The van der Waals surface area contributed by atoms with Gasteiger partial charge in [0, 0.05) is 26.8 Å². The monoisotopic (exact) mass is 344 g/mol. The van der Waals surface area contributed by atoms with Crippen LogP contribution in [0.2, 0.25) is 5.02 Å². The molecular formula is C13H17ClN4O3S. The summed E-state index contributed by atoms with van der Waals surface area (Å²) in [5.41, 5.74) is 1.50. The third-order valence-corrected chi connectivity index (χ3v) is 5.23. The minimum Gasteiger partial charge on any atom is -0.350 e. The van der Waals surface area contributed by atoms with Crippen LogP contribution in [0.1, 0.15) is 16.2 Å². The Labute approximate surface area is 133 Å². The van der Waals surface area contributed by atoms with Gasteiger partial charge in [-0.25, -0.2) is 17.7 Å². The third-order valence-electron chi connectivity index (χ3n) is 3.17. The number of imidazole rings is 1. The largest absolute Gasteiger partial charge is 0.350 e. The van der Waals surface area contributed by atoms with Gasteiger partial charge in [0.25, 0.3) is 5.91 Å². The van der Waals surface area contributed by atoms with Crippen LogP contribution < -0.4 is 5.32 Å². The minimum absolute atomic E-state index is 0.0204. The minimum atomic E-state index is -3.35. The Bertz CT molecular complexity index is 814. The van der Waals surface area contributed by atoms with Crippen molar-refractivity contribution in [1.82, 2.24) is 19.0 Å². The van der Waals surface area contributed by atoms with E-state index in [1.807, 2.05) is 0 Å². The molecule has 0 fully saturated rings. The van der Waals surface area contributed by atoms with Gasteiger partial charge in [0.05, 0.1) is 16.5 Å². The lowest BCUT2D eigenvalue weighted by Crippen LogP contribution is -2.34. The summed E-state index contributed by atoms with van der Waals surface area (Å²) in [6.45, 7) is 1.74. The fourth-order valence-electron chi connectivity index (χ4n) is 1.97. The maximum absolute atomic E-state index is 12.3. The second-order valence-corrected chi connectivity index (χ2v) is 7.71. The zero-order valence-electron chi connectivity index (χ0n) is 12.5. The molecule has 0 aliphatic carbocycles. The third kappa shape index (κ3) is 3.40. The summed E-state index contributed by atoms with van der Waals surface area (Å²) >= 11 is 5.94. The van der Waals surface area contributed by atoms with E-state index in [4.69, 9.17) is 11.6 Å². The second kappa shape index (κ2) is 6.23. The second-order valence-electron chi connectivity index (χ2n) is 4.98. The number of amides is 1. The molecule has 9 heteroatoms. The standard InChI is InChI=1S/C13H17ClN4O3S/c1-9-12(18-8-10(14)4-5-11(18)16-9)13(19)15-6-7-22(20,21)17(2)3/h4-5,8H,6-7H2,1-3H3,(H,15,19). The van der Waals surface area contributed by atoms with Gasteiger partial charge in [-0.2, -0.15) is 0 Å². The van der Waals surface area contributed by atoms with E-state index < -0.39 is 10.0 Å². The fraction of sp³-hybridized carbons (Fsp3) is 0.385. The highest BCUT2D eigenvalue weighted by atomic mass is 35.5. The van der Waals surface area contributed by atoms with Crippen LogP contribution in [-0.4, -0.2) is 54.4 Å². The van der Waals surface area contributed by atoms with Crippen molar-refractivity contribution in [2.24, 2.45) is 0 Å². The van der Waals surface area contributed by atoms with Gasteiger partial charge in [0.1, 0.15) is 11.3 Å². The Kier molecular flexibility index (Phi) is 4.74. The molecule has 2 rings (SSSR count). The van der Waals surface area contributed by atoms with Crippen molar-refractivity contribution < 1.29 is 13.2 Å².